The van der Waals surface area contributed by atoms with Gasteiger partial charge in [-0.05, 0) is 44.4 Å². The fraction of sp³-hybridized carbons (Fsp3) is 0.500. The first kappa shape index (κ1) is 21.7. The molecular formula is C22H28N4O4S. The van der Waals surface area contributed by atoms with Crippen LogP contribution in [0.15, 0.2) is 24.3 Å². The van der Waals surface area contributed by atoms with Crippen LogP contribution >= 0.6 is 0 Å². The van der Waals surface area contributed by atoms with E-state index in [1.165, 1.54) is 0 Å². The second-order valence-corrected chi connectivity index (χ2v) is 10.3. The number of methoxy groups -OCH3 is 1. The van der Waals surface area contributed by atoms with E-state index in [1.807, 2.05) is 31.2 Å². The van der Waals surface area contributed by atoms with Crippen LogP contribution in [0.2, 0.25) is 0 Å². The predicted molar refractivity (Wildman–Crippen MR) is 118 cm³/mol. The summed E-state index contributed by atoms with van der Waals surface area (Å²) in [5, 5.41) is 0. The Morgan fingerprint density at radius 3 is 2.61 bits per heavy atom. The lowest BCUT2D eigenvalue weighted by Gasteiger charge is -2.31. The number of carbonyl (C=O) groups is 1. The Morgan fingerprint density at radius 1 is 1.19 bits per heavy atom. The second-order valence-electron chi connectivity index (χ2n) is 8.07. The number of rotatable bonds is 6. The summed E-state index contributed by atoms with van der Waals surface area (Å²) < 4.78 is 31.5. The van der Waals surface area contributed by atoms with Crippen molar-refractivity contribution in [1.29, 1.82) is 0 Å². The number of aryl methyl sites for hydroxylation is 1. The van der Waals surface area contributed by atoms with E-state index >= 15 is 0 Å². The maximum absolute atomic E-state index is 12.8. The summed E-state index contributed by atoms with van der Waals surface area (Å²) in [4.78, 5) is 23.9. The molecule has 4 rings (SSSR count). The number of carbonyl (C=O) groups excluding carboxylic acids is 1. The van der Waals surface area contributed by atoms with Gasteiger partial charge in [0.2, 0.25) is 15.9 Å². The summed E-state index contributed by atoms with van der Waals surface area (Å²) in [6.07, 6.45) is 1.90. The number of sulfonamides is 1. The molecule has 2 aromatic rings. The molecule has 1 amide bonds. The molecule has 3 heterocycles. The summed E-state index contributed by atoms with van der Waals surface area (Å²) >= 11 is 0. The molecule has 8 nitrogen and oxygen atoms in total. The van der Waals surface area contributed by atoms with Crippen molar-refractivity contribution in [3.05, 3.63) is 46.9 Å². The van der Waals surface area contributed by atoms with Gasteiger partial charge in [0.1, 0.15) is 17.4 Å². The predicted octanol–water partition coefficient (Wildman–Crippen LogP) is 2.41. The van der Waals surface area contributed by atoms with Gasteiger partial charge in [0.25, 0.3) is 0 Å². The Morgan fingerprint density at radius 2 is 1.94 bits per heavy atom. The Hall–Kier alpha value is -2.52. The van der Waals surface area contributed by atoms with E-state index in [0.717, 1.165) is 35.4 Å². The molecule has 0 unspecified atom stereocenters. The van der Waals surface area contributed by atoms with Crippen LogP contribution in [0.1, 0.15) is 48.3 Å². The summed E-state index contributed by atoms with van der Waals surface area (Å²) in [6, 6.07) is 7.62. The van der Waals surface area contributed by atoms with E-state index in [0.29, 0.717) is 37.7 Å². The van der Waals surface area contributed by atoms with E-state index in [2.05, 4.69) is 4.98 Å². The Labute approximate surface area is 183 Å². The molecule has 1 aromatic carbocycles. The fourth-order valence-electron chi connectivity index (χ4n) is 4.24. The molecule has 1 fully saturated rings. The smallest absolute Gasteiger partial charge is 0.233 e. The fourth-order valence-corrected chi connectivity index (χ4v) is 5.42. The maximum atomic E-state index is 12.8. The highest BCUT2D eigenvalue weighted by Gasteiger charge is 2.34. The van der Waals surface area contributed by atoms with Crippen molar-refractivity contribution in [2.45, 2.75) is 45.6 Å². The molecule has 166 valence electrons. The quantitative estimate of drug-likeness (QED) is 0.679. The minimum atomic E-state index is -3.25. The topological polar surface area (TPSA) is 92.7 Å². The van der Waals surface area contributed by atoms with Crippen LogP contribution in [0.3, 0.4) is 0 Å². The van der Waals surface area contributed by atoms with Crippen molar-refractivity contribution in [3.8, 4) is 5.75 Å². The molecule has 0 N–H and O–H groups in total. The van der Waals surface area contributed by atoms with Gasteiger partial charge >= 0.3 is 0 Å². The highest BCUT2D eigenvalue weighted by Crippen LogP contribution is 2.34. The minimum absolute atomic E-state index is 0.000741. The van der Waals surface area contributed by atoms with Gasteiger partial charge in [-0.15, -0.1) is 0 Å². The van der Waals surface area contributed by atoms with Gasteiger partial charge in [-0.25, -0.2) is 22.7 Å². The van der Waals surface area contributed by atoms with Gasteiger partial charge in [0.15, 0.2) is 0 Å². The molecule has 9 heteroatoms. The molecular weight excluding hydrogens is 416 g/mol. The molecule has 2 aliphatic rings. The molecule has 0 spiro atoms. The van der Waals surface area contributed by atoms with Gasteiger partial charge < -0.3 is 4.74 Å². The zero-order valence-electron chi connectivity index (χ0n) is 18.2. The van der Waals surface area contributed by atoms with Crippen molar-refractivity contribution in [2.24, 2.45) is 0 Å². The Bertz CT molecular complexity index is 1090. The molecule has 0 aliphatic carbocycles. The lowest BCUT2D eigenvalue weighted by molar-refractivity contribution is -0.117. The summed E-state index contributed by atoms with van der Waals surface area (Å²) in [5.41, 5.74) is 2.63. The second kappa shape index (κ2) is 8.55. The number of fused-ring (bicyclic) bond motifs is 1. The van der Waals surface area contributed by atoms with E-state index < -0.39 is 10.0 Å². The van der Waals surface area contributed by atoms with Crippen LogP contribution < -0.4 is 9.64 Å². The molecule has 31 heavy (non-hydrogen) atoms. The largest absolute Gasteiger partial charge is 0.497 e. The number of hydrogen-bond acceptors (Lipinski definition) is 6. The summed E-state index contributed by atoms with van der Waals surface area (Å²) in [7, 11) is -1.63. The van der Waals surface area contributed by atoms with Crippen LogP contribution in [0.25, 0.3) is 0 Å². The first-order chi connectivity index (χ1) is 14.8. The van der Waals surface area contributed by atoms with Crippen molar-refractivity contribution in [1.82, 2.24) is 14.3 Å². The van der Waals surface area contributed by atoms with Gasteiger partial charge in [-0.1, -0.05) is 12.1 Å². The normalized spacial score (nSPS) is 19.5. The lowest BCUT2D eigenvalue weighted by Crippen LogP contribution is -2.40. The molecule has 1 atom stereocenters. The Kier molecular flexibility index (Phi) is 5.98. The number of amides is 1. The molecule has 2 aliphatic heterocycles. The van der Waals surface area contributed by atoms with Gasteiger partial charge in [-0.2, -0.15) is 0 Å². The lowest BCUT2D eigenvalue weighted by atomic mass is 9.98. The zero-order chi connectivity index (χ0) is 22.2. The van der Waals surface area contributed by atoms with Crippen LogP contribution in [0, 0.1) is 6.92 Å². The minimum Gasteiger partial charge on any atom is -0.497 e. The molecule has 1 saturated heterocycles. The number of nitrogens with zero attached hydrogens (tertiary/aromatic N) is 4. The van der Waals surface area contributed by atoms with Crippen LogP contribution in [-0.2, 0) is 27.8 Å². The third-order valence-corrected chi connectivity index (χ3v) is 7.95. The maximum Gasteiger partial charge on any atom is 0.233 e. The van der Waals surface area contributed by atoms with Gasteiger partial charge in [0.05, 0.1) is 25.8 Å². The van der Waals surface area contributed by atoms with Crippen LogP contribution in [0.5, 0.6) is 5.75 Å². The number of piperidine rings is 1. The number of ether oxygens (including phenoxy) is 1. The third kappa shape index (κ3) is 4.29. The number of anilines is 1. The Balaban J connectivity index is 1.62. The molecule has 0 saturated carbocycles. The van der Waals surface area contributed by atoms with Crippen molar-refractivity contribution >= 4 is 21.7 Å². The molecule has 0 radical (unpaired) electrons. The average Bonchev–Trinajstić information content (AvgIpc) is 3.10. The first-order valence-corrected chi connectivity index (χ1v) is 12.2. The van der Waals surface area contributed by atoms with Gasteiger partial charge in [0, 0.05) is 30.3 Å². The molecule has 1 aromatic heterocycles. The average molecular weight is 445 g/mol. The third-order valence-electron chi connectivity index (χ3n) is 6.10. The summed E-state index contributed by atoms with van der Waals surface area (Å²) in [6.45, 7) is 4.92. The van der Waals surface area contributed by atoms with Crippen molar-refractivity contribution in [2.75, 3.05) is 30.9 Å². The van der Waals surface area contributed by atoms with Crippen molar-refractivity contribution in [3.63, 3.8) is 0 Å². The summed E-state index contributed by atoms with van der Waals surface area (Å²) in [5.74, 6) is 2.06. The standard InChI is InChI=1S/C22H28N4O4S/c1-4-31(28,29)25-11-5-6-17(14-25)21-23-15(2)19-12-20(27)26(22(19)24-21)13-16-7-9-18(30-3)10-8-16/h7-10,17H,4-6,11-14H2,1-3H3/t17-/m0/s1. The van der Waals surface area contributed by atoms with Crippen LogP contribution in [-0.4, -0.2) is 54.6 Å². The first-order valence-electron chi connectivity index (χ1n) is 10.6. The van der Waals surface area contributed by atoms with Gasteiger partial charge in [-0.3, -0.25) is 9.69 Å². The van der Waals surface area contributed by atoms with Crippen molar-refractivity contribution < 1.29 is 17.9 Å². The SMILES string of the molecule is CCS(=O)(=O)N1CCC[C@H](c2nc(C)c3c(n2)N(Cc2ccc(OC)cc2)C(=O)C3)C1. The van der Waals surface area contributed by atoms with Crippen LogP contribution in [0.4, 0.5) is 5.82 Å². The van der Waals surface area contributed by atoms with E-state index in [9.17, 15) is 13.2 Å². The molecule has 0 bridgehead atoms. The highest BCUT2D eigenvalue weighted by molar-refractivity contribution is 7.89. The van der Waals surface area contributed by atoms with E-state index in [-0.39, 0.29) is 17.6 Å². The highest BCUT2D eigenvalue weighted by atomic mass is 32.2. The van der Waals surface area contributed by atoms with E-state index in [4.69, 9.17) is 9.72 Å². The number of aromatic nitrogens is 2. The number of benzene rings is 1. The van der Waals surface area contributed by atoms with E-state index in [1.54, 1.807) is 23.2 Å². The monoisotopic (exact) mass is 444 g/mol. The zero-order valence-corrected chi connectivity index (χ0v) is 19.0. The number of hydrogen-bond donors (Lipinski definition) is 0.